The lowest BCUT2D eigenvalue weighted by Crippen LogP contribution is -2.50. The number of carbonyl (C=O) groups excluding carboxylic acids is 1. The van der Waals surface area contributed by atoms with E-state index in [0.29, 0.717) is 43.3 Å². The predicted molar refractivity (Wildman–Crippen MR) is 82.3 cm³/mol. The van der Waals surface area contributed by atoms with Gasteiger partial charge in [0, 0.05) is 11.6 Å². The van der Waals surface area contributed by atoms with Crippen LogP contribution in [0.15, 0.2) is 24.3 Å². The van der Waals surface area contributed by atoms with Gasteiger partial charge in [-0.05, 0) is 38.0 Å². The summed E-state index contributed by atoms with van der Waals surface area (Å²) in [7, 11) is 0. The van der Waals surface area contributed by atoms with Crippen LogP contribution >= 0.6 is 11.6 Å². The van der Waals surface area contributed by atoms with Gasteiger partial charge < -0.3 is 20.1 Å². The van der Waals surface area contributed by atoms with Gasteiger partial charge in [0.05, 0.1) is 6.54 Å². The van der Waals surface area contributed by atoms with Gasteiger partial charge in [-0.1, -0.05) is 17.7 Å². The number of carboxylic acid groups (broad SMARTS) is 1. The van der Waals surface area contributed by atoms with E-state index in [1.807, 2.05) is 6.92 Å². The molecule has 1 fully saturated rings. The number of rotatable bonds is 7. The number of hydrogen-bond acceptors (Lipinski definition) is 3. The summed E-state index contributed by atoms with van der Waals surface area (Å²) in [5.41, 5.74) is -1.07. The van der Waals surface area contributed by atoms with Crippen molar-refractivity contribution in [3.63, 3.8) is 0 Å². The van der Waals surface area contributed by atoms with Crippen molar-refractivity contribution in [1.29, 1.82) is 0 Å². The van der Waals surface area contributed by atoms with Crippen LogP contribution in [-0.4, -0.2) is 47.2 Å². The first-order valence-electron chi connectivity index (χ1n) is 7.16. The molecule has 1 saturated carbocycles. The summed E-state index contributed by atoms with van der Waals surface area (Å²) in [4.78, 5) is 24.7. The molecular weight excluding hydrogens is 308 g/mol. The van der Waals surface area contributed by atoms with Crippen molar-refractivity contribution in [2.45, 2.75) is 25.3 Å². The molecule has 2 rings (SSSR count). The molecule has 0 aromatic heterocycles. The summed E-state index contributed by atoms with van der Waals surface area (Å²) in [5, 5.41) is 12.3. The highest BCUT2D eigenvalue weighted by Crippen LogP contribution is 2.35. The van der Waals surface area contributed by atoms with Crippen LogP contribution in [0, 0.1) is 0 Å². The molecule has 1 aliphatic carbocycles. The Bertz CT molecular complexity index is 560. The smallest absolute Gasteiger partial charge is 0.329 e. The van der Waals surface area contributed by atoms with E-state index >= 15 is 0 Å². The van der Waals surface area contributed by atoms with Crippen molar-refractivity contribution in [2.24, 2.45) is 0 Å². The number of nitrogens with zero attached hydrogens (tertiary/aromatic N) is 1. The molecule has 1 aliphatic rings. The second-order valence-corrected chi connectivity index (χ2v) is 5.64. The maximum absolute atomic E-state index is 12.1. The molecule has 0 aliphatic heterocycles. The number of hydrogen-bond donors (Lipinski definition) is 2. The molecule has 1 aromatic rings. The highest BCUT2D eigenvalue weighted by Gasteiger charge is 2.52. The van der Waals surface area contributed by atoms with E-state index in [1.54, 1.807) is 24.3 Å². The van der Waals surface area contributed by atoms with E-state index in [0.717, 1.165) is 0 Å². The van der Waals surface area contributed by atoms with Crippen LogP contribution in [0.3, 0.4) is 0 Å². The Balaban J connectivity index is 1.82. The molecule has 120 valence electrons. The minimum absolute atomic E-state index is 0.307. The summed E-state index contributed by atoms with van der Waals surface area (Å²) >= 11 is 5.86. The van der Waals surface area contributed by atoms with E-state index in [4.69, 9.17) is 21.4 Å². The number of carboxylic acids is 1. The third kappa shape index (κ3) is 4.04. The first-order valence-corrected chi connectivity index (χ1v) is 7.53. The number of ether oxygens (including phenoxy) is 1. The van der Waals surface area contributed by atoms with Crippen molar-refractivity contribution < 1.29 is 19.4 Å². The summed E-state index contributed by atoms with van der Waals surface area (Å²) in [5.74, 6) is -0.347. The highest BCUT2D eigenvalue weighted by atomic mass is 35.5. The normalized spacial score (nSPS) is 15.0. The number of benzene rings is 1. The average Bonchev–Trinajstić information content (AvgIpc) is 3.24. The molecule has 22 heavy (non-hydrogen) atoms. The largest absolute Gasteiger partial charge is 0.492 e. The van der Waals surface area contributed by atoms with Gasteiger partial charge >= 0.3 is 12.0 Å². The molecule has 0 heterocycles. The predicted octanol–water partition coefficient (Wildman–Crippen LogP) is 2.37. The number of urea groups is 1. The maximum Gasteiger partial charge on any atom is 0.329 e. The Kier molecular flexibility index (Phi) is 5.13. The van der Waals surface area contributed by atoms with Crippen LogP contribution in [0.25, 0.3) is 0 Å². The fourth-order valence-electron chi connectivity index (χ4n) is 2.03. The first-order chi connectivity index (χ1) is 10.5. The molecular formula is C15H19ClN2O4. The van der Waals surface area contributed by atoms with E-state index in [-0.39, 0.29) is 6.03 Å². The summed E-state index contributed by atoms with van der Waals surface area (Å²) in [6, 6.07) is 6.64. The number of halogens is 1. The zero-order valence-corrected chi connectivity index (χ0v) is 13.1. The zero-order chi connectivity index (χ0) is 16.2. The number of aliphatic carboxylic acids is 1. The third-order valence-corrected chi connectivity index (χ3v) is 3.84. The standard InChI is InChI=1S/C15H19ClN2O4/c1-2-18(14(21)17-15(6-7-15)13(19)20)8-9-22-12-5-3-4-11(16)10-12/h3-5,10H,2,6-9H2,1H3,(H,17,21)(H,19,20). The van der Waals surface area contributed by atoms with Crippen LogP contribution in [0.1, 0.15) is 19.8 Å². The van der Waals surface area contributed by atoms with E-state index < -0.39 is 11.5 Å². The molecule has 0 radical (unpaired) electrons. The minimum atomic E-state index is -1.07. The van der Waals surface area contributed by atoms with Crippen LogP contribution in [0.2, 0.25) is 5.02 Å². The van der Waals surface area contributed by atoms with Gasteiger partial charge in [-0.15, -0.1) is 0 Å². The lowest BCUT2D eigenvalue weighted by molar-refractivity contribution is -0.140. The lowest BCUT2D eigenvalue weighted by Gasteiger charge is -2.23. The Morgan fingerprint density at radius 2 is 2.18 bits per heavy atom. The number of carbonyl (C=O) groups is 2. The van der Waals surface area contributed by atoms with E-state index in [1.165, 1.54) is 4.90 Å². The Morgan fingerprint density at radius 1 is 1.45 bits per heavy atom. The van der Waals surface area contributed by atoms with Gasteiger partial charge in [-0.3, -0.25) is 0 Å². The quantitative estimate of drug-likeness (QED) is 0.806. The van der Waals surface area contributed by atoms with Gasteiger partial charge in [0.25, 0.3) is 0 Å². The fraction of sp³-hybridized carbons (Fsp3) is 0.467. The van der Waals surface area contributed by atoms with Crippen molar-refractivity contribution in [3.05, 3.63) is 29.3 Å². The van der Waals surface area contributed by atoms with E-state index in [9.17, 15) is 9.59 Å². The molecule has 0 unspecified atom stereocenters. The molecule has 0 spiro atoms. The minimum Gasteiger partial charge on any atom is -0.492 e. The van der Waals surface area contributed by atoms with Gasteiger partial charge in [0.15, 0.2) is 0 Å². The molecule has 6 nitrogen and oxygen atoms in total. The second kappa shape index (κ2) is 6.87. The van der Waals surface area contributed by atoms with Crippen molar-refractivity contribution in [3.8, 4) is 5.75 Å². The third-order valence-electron chi connectivity index (χ3n) is 3.60. The monoisotopic (exact) mass is 326 g/mol. The van der Waals surface area contributed by atoms with Crippen LogP contribution in [0.4, 0.5) is 4.79 Å². The molecule has 0 saturated heterocycles. The number of amides is 2. The molecule has 1 aromatic carbocycles. The fourth-order valence-corrected chi connectivity index (χ4v) is 2.22. The van der Waals surface area contributed by atoms with Crippen molar-refractivity contribution >= 4 is 23.6 Å². The molecule has 0 atom stereocenters. The highest BCUT2D eigenvalue weighted by molar-refractivity contribution is 6.30. The van der Waals surface area contributed by atoms with E-state index in [2.05, 4.69) is 5.32 Å². The SMILES string of the molecule is CCN(CCOc1cccc(Cl)c1)C(=O)NC1(C(=O)O)CC1. The van der Waals surface area contributed by atoms with Crippen LogP contribution in [0.5, 0.6) is 5.75 Å². The van der Waals surface area contributed by atoms with Gasteiger partial charge in [-0.2, -0.15) is 0 Å². The van der Waals surface area contributed by atoms with Gasteiger partial charge in [-0.25, -0.2) is 9.59 Å². The summed E-state index contributed by atoms with van der Waals surface area (Å²) in [6.45, 7) is 2.98. The Labute approximate surface area is 134 Å². The number of nitrogens with one attached hydrogen (secondary N) is 1. The average molecular weight is 327 g/mol. The topological polar surface area (TPSA) is 78.9 Å². The van der Waals surface area contributed by atoms with Crippen molar-refractivity contribution in [1.82, 2.24) is 10.2 Å². The molecule has 2 amide bonds. The van der Waals surface area contributed by atoms with Crippen LogP contribution < -0.4 is 10.1 Å². The second-order valence-electron chi connectivity index (χ2n) is 5.20. The molecule has 7 heteroatoms. The lowest BCUT2D eigenvalue weighted by atomic mass is 10.3. The molecule has 2 N–H and O–H groups in total. The Morgan fingerprint density at radius 3 is 2.73 bits per heavy atom. The van der Waals surface area contributed by atoms with Crippen molar-refractivity contribution in [2.75, 3.05) is 19.7 Å². The first kappa shape index (κ1) is 16.4. The zero-order valence-electron chi connectivity index (χ0n) is 12.3. The maximum atomic E-state index is 12.1. The summed E-state index contributed by atoms with van der Waals surface area (Å²) < 4.78 is 5.54. The summed E-state index contributed by atoms with van der Waals surface area (Å²) in [6.07, 6.45) is 0.954. The van der Waals surface area contributed by atoms with Gasteiger partial charge in [0.2, 0.25) is 0 Å². The van der Waals surface area contributed by atoms with Crippen LogP contribution in [-0.2, 0) is 4.79 Å². The number of likely N-dealkylation sites (N-methyl/N-ethyl adjacent to an activating group) is 1. The molecule has 0 bridgehead atoms. The Hall–Kier alpha value is -1.95. The van der Waals surface area contributed by atoms with Gasteiger partial charge in [0.1, 0.15) is 17.9 Å².